The molecule has 0 amide bonds. The van der Waals surface area contributed by atoms with Crippen LogP contribution in [-0.2, 0) is 9.40 Å². The van der Waals surface area contributed by atoms with E-state index < -0.39 is 19.2 Å². The lowest BCUT2D eigenvalue weighted by molar-refractivity contribution is -0.180. The summed E-state index contributed by atoms with van der Waals surface area (Å²) in [6, 6.07) is 16.2. The standard InChI is InChI=1S/C15H13F3NO2P/c1-14(15(16,17)18)19(21-14)22(20,12-8-4-2-5-9-12)13-10-6-3-7-11-13/h2-11H,1H3. The summed E-state index contributed by atoms with van der Waals surface area (Å²) in [4.78, 5) is 5.38. The molecule has 3 rings (SSSR count). The van der Waals surface area contributed by atoms with Gasteiger partial charge < -0.3 is 0 Å². The van der Waals surface area contributed by atoms with Crippen LogP contribution in [0, 0.1) is 0 Å². The third-order valence-electron chi connectivity index (χ3n) is 3.59. The van der Waals surface area contributed by atoms with Gasteiger partial charge in [0.25, 0.3) is 5.72 Å². The molecule has 0 radical (unpaired) electrons. The summed E-state index contributed by atoms with van der Waals surface area (Å²) in [5.41, 5.74) is -2.53. The predicted molar refractivity (Wildman–Crippen MR) is 77.1 cm³/mol. The minimum atomic E-state index is -4.63. The van der Waals surface area contributed by atoms with E-state index in [1.165, 1.54) is 0 Å². The fraction of sp³-hybridized carbons (Fsp3) is 0.200. The second-order valence-corrected chi connectivity index (χ2v) is 7.64. The van der Waals surface area contributed by atoms with Gasteiger partial charge in [0.2, 0.25) is 7.29 Å². The Labute approximate surface area is 125 Å². The molecule has 0 bridgehead atoms. The van der Waals surface area contributed by atoms with Crippen molar-refractivity contribution in [2.45, 2.75) is 18.8 Å². The Morgan fingerprint density at radius 1 is 0.955 bits per heavy atom. The average Bonchev–Trinajstić information content (AvgIpc) is 3.22. The molecule has 2 aromatic carbocycles. The van der Waals surface area contributed by atoms with Crippen molar-refractivity contribution in [1.29, 1.82) is 0 Å². The molecule has 0 N–H and O–H groups in total. The van der Waals surface area contributed by atoms with Crippen molar-refractivity contribution in [3.8, 4) is 0 Å². The average molecular weight is 327 g/mol. The lowest BCUT2D eigenvalue weighted by atomic mass is 10.3. The summed E-state index contributed by atoms with van der Waals surface area (Å²) in [5, 5.41) is 0.600. The SMILES string of the molecule is CC1(C(F)(F)F)ON1P(=O)(c1ccccc1)c1ccccc1. The first-order chi connectivity index (χ1) is 10.3. The molecule has 0 aliphatic carbocycles. The molecule has 22 heavy (non-hydrogen) atoms. The van der Waals surface area contributed by atoms with E-state index in [0.29, 0.717) is 15.4 Å². The van der Waals surface area contributed by atoms with Crippen molar-refractivity contribution in [2.75, 3.05) is 0 Å². The highest BCUT2D eigenvalue weighted by molar-refractivity contribution is 7.76. The quantitative estimate of drug-likeness (QED) is 0.639. The fourth-order valence-corrected chi connectivity index (χ4v) is 5.05. The van der Waals surface area contributed by atoms with Crippen LogP contribution < -0.4 is 10.6 Å². The molecule has 7 heteroatoms. The number of nitrogens with zero attached hydrogens (tertiary/aromatic N) is 1. The zero-order valence-electron chi connectivity index (χ0n) is 11.6. The van der Waals surface area contributed by atoms with Gasteiger partial charge in [-0.05, 0) is 31.2 Å². The van der Waals surface area contributed by atoms with Crippen LogP contribution >= 0.6 is 7.29 Å². The van der Waals surface area contributed by atoms with Crippen LogP contribution in [0.4, 0.5) is 13.2 Å². The summed E-state index contributed by atoms with van der Waals surface area (Å²) >= 11 is 0. The van der Waals surface area contributed by atoms with Crippen LogP contribution in [-0.4, -0.2) is 16.7 Å². The van der Waals surface area contributed by atoms with Crippen molar-refractivity contribution >= 4 is 17.9 Å². The van der Waals surface area contributed by atoms with Crippen molar-refractivity contribution in [3.05, 3.63) is 60.7 Å². The van der Waals surface area contributed by atoms with Crippen molar-refractivity contribution in [1.82, 2.24) is 4.83 Å². The monoisotopic (exact) mass is 327 g/mol. The van der Waals surface area contributed by atoms with Gasteiger partial charge in [-0.25, -0.2) is 0 Å². The number of benzene rings is 2. The minimum Gasteiger partial charge on any atom is -0.294 e. The lowest BCUT2D eigenvalue weighted by Gasteiger charge is -2.20. The highest BCUT2D eigenvalue weighted by Gasteiger charge is 2.75. The van der Waals surface area contributed by atoms with E-state index in [4.69, 9.17) is 4.84 Å². The van der Waals surface area contributed by atoms with E-state index in [2.05, 4.69) is 0 Å². The molecule has 2 unspecified atom stereocenters. The Kier molecular flexibility index (Phi) is 3.44. The molecule has 0 saturated carbocycles. The maximum Gasteiger partial charge on any atom is 0.435 e. The molecule has 0 spiro atoms. The van der Waals surface area contributed by atoms with E-state index >= 15 is 0 Å². The lowest BCUT2D eigenvalue weighted by Crippen LogP contribution is -2.35. The Hall–Kier alpha value is -1.62. The number of alkyl halides is 3. The molecule has 2 atom stereocenters. The van der Waals surface area contributed by atoms with Gasteiger partial charge in [0.1, 0.15) is 0 Å². The van der Waals surface area contributed by atoms with Gasteiger partial charge in [-0.1, -0.05) is 41.2 Å². The first kappa shape index (κ1) is 15.3. The summed E-state index contributed by atoms with van der Waals surface area (Å²) in [7, 11) is -3.71. The molecular weight excluding hydrogens is 314 g/mol. The topological polar surface area (TPSA) is 32.6 Å². The van der Waals surface area contributed by atoms with Gasteiger partial charge in [0.05, 0.1) is 0 Å². The zero-order chi connectivity index (χ0) is 16.0. The van der Waals surface area contributed by atoms with Crippen LogP contribution in [0.5, 0.6) is 0 Å². The van der Waals surface area contributed by atoms with E-state index in [1.54, 1.807) is 60.7 Å². The summed E-state index contributed by atoms with van der Waals surface area (Å²) in [6.07, 6.45) is -4.63. The van der Waals surface area contributed by atoms with Crippen LogP contribution in [0.3, 0.4) is 0 Å². The van der Waals surface area contributed by atoms with Gasteiger partial charge in [0.15, 0.2) is 0 Å². The number of halogens is 3. The smallest absolute Gasteiger partial charge is 0.294 e. The molecule has 1 saturated heterocycles. The summed E-state index contributed by atoms with van der Waals surface area (Å²) in [5.74, 6) is 0. The Balaban J connectivity index is 2.14. The molecule has 3 nitrogen and oxygen atoms in total. The molecule has 2 aromatic rings. The molecule has 1 fully saturated rings. The normalized spacial score (nSPS) is 25.0. The number of hydroxylamine groups is 1. The Morgan fingerprint density at radius 2 is 1.36 bits per heavy atom. The molecular formula is C15H13F3NO2P. The summed E-state index contributed by atoms with van der Waals surface area (Å²) < 4.78 is 53.0. The Bertz CT molecular complexity index is 677. The highest BCUT2D eigenvalue weighted by atomic mass is 31.2. The maximum absolute atomic E-state index is 13.5. The van der Waals surface area contributed by atoms with Crippen LogP contribution in [0.15, 0.2) is 60.7 Å². The molecule has 0 aromatic heterocycles. The molecule has 116 valence electrons. The maximum atomic E-state index is 13.5. The van der Waals surface area contributed by atoms with E-state index in [1.807, 2.05) is 0 Å². The second-order valence-electron chi connectivity index (χ2n) is 5.09. The first-order valence-electron chi connectivity index (χ1n) is 6.58. The third kappa shape index (κ3) is 2.19. The van der Waals surface area contributed by atoms with Crippen LogP contribution in [0.1, 0.15) is 6.92 Å². The van der Waals surface area contributed by atoms with Crippen LogP contribution in [0.25, 0.3) is 0 Å². The number of hydrogen-bond acceptors (Lipinski definition) is 2. The van der Waals surface area contributed by atoms with E-state index in [0.717, 1.165) is 6.92 Å². The van der Waals surface area contributed by atoms with Gasteiger partial charge in [-0.3, -0.25) is 9.40 Å². The minimum absolute atomic E-state index is 0.300. The van der Waals surface area contributed by atoms with Crippen molar-refractivity contribution < 1.29 is 22.6 Å². The van der Waals surface area contributed by atoms with Crippen molar-refractivity contribution in [2.24, 2.45) is 0 Å². The van der Waals surface area contributed by atoms with E-state index in [-0.39, 0.29) is 0 Å². The number of hydrogen-bond donors (Lipinski definition) is 0. The predicted octanol–water partition coefficient (Wildman–Crippen LogP) is 3.44. The van der Waals surface area contributed by atoms with E-state index in [9.17, 15) is 17.7 Å². The van der Waals surface area contributed by atoms with Crippen molar-refractivity contribution in [3.63, 3.8) is 0 Å². The summed E-state index contributed by atoms with van der Waals surface area (Å²) in [6.45, 7) is 0.880. The highest BCUT2D eigenvalue weighted by Crippen LogP contribution is 2.64. The van der Waals surface area contributed by atoms with Gasteiger partial charge in [-0.2, -0.15) is 13.2 Å². The fourth-order valence-electron chi connectivity index (χ4n) is 2.25. The largest absolute Gasteiger partial charge is 0.435 e. The second kappa shape index (κ2) is 4.95. The first-order valence-corrected chi connectivity index (χ1v) is 8.24. The zero-order valence-corrected chi connectivity index (χ0v) is 12.5. The molecule has 1 aliphatic heterocycles. The Morgan fingerprint density at radius 3 is 1.68 bits per heavy atom. The van der Waals surface area contributed by atoms with Gasteiger partial charge in [0, 0.05) is 10.6 Å². The van der Waals surface area contributed by atoms with Crippen LogP contribution in [0.2, 0.25) is 0 Å². The molecule has 1 heterocycles. The third-order valence-corrected chi connectivity index (χ3v) is 6.56. The number of rotatable bonds is 3. The van der Waals surface area contributed by atoms with Gasteiger partial charge >= 0.3 is 6.18 Å². The van der Waals surface area contributed by atoms with Gasteiger partial charge in [-0.15, -0.1) is 0 Å². The molecule has 1 aliphatic rings.